The Morgan fingerprint density at radius 3 is 2.37 bits per heavy atom. The van der Waals surface area contributed by atoms with Crippen LogP contribution in [0.2, 0.25) is 0 Å². The Morgan fingerprint density at radius 2 is 1.63 bits per heavy atom. The summed E-state index contributed by atoms with van der Waals surface area (Å²) in [6.07, 6.45) is 0.404. The summed E-state index contributed by atoms with van der Waals surface area (Å²) in [4.78, 5) is 12.4. The van der Waals surface area contributed by atoms with Gasteiger partial charge < -0.3 is 5.73 Å². The van der Waals surface area contributed by atoms with E-state index in [2.05, 4.69) is 18.2 Å². The highest BCUT2D eigenvalue weighted by Gasteiger charge is 2.12. The molecule has 0 amide bonds. The van der Waals surface area contributed by atoms with Crippen molar-refractivity contribution in [2.45, 2.75) is 27.2 Å². The lowest BCUT2D eigenvalue weighted by Crippen LogP contribution is -2.08. The molecule has 2 rings (SSSR count). The lowest BCUT2D eigenvalue weighted by atomic mass is 9.96. The fourth-order valence-electron chi connectivity index (χ4n) is 2.17. The van der Waals surface area contributed by atoms with E-state index in [0.717, 1.165) is 16.7 Å². The highest BCUT2D eigenvalue weighted by atomic mass is 16.1. The first-order chi connectivity index (χ1) is 8.97. The van der Waals surface area contributed by atoms with E-state index in [4.69, 9.17) is 5.73 Å². The monoisotopic (exact) mass is 253 g/mol. The smallest absolute Gasteiger partial charge is 0.169 e. The Kier molecular flexibility index (Phi) is 3.70. The molecule has 0 aliphatic carbocycles. The fraction of sp³-hybridized carbons (Fsp3) is 0.235. The third-order valence-electron chi connectivity index (χ3n) is 3.36. The molecule has 2 aromatic rings. The second-order valence-corrected chi connectivity index (χ2v) is 5.12. The minimum Gasteiger partial charge on any atom is -0.398 e. The van der Waals surface area contributed by atoms with E-state index < -0.39 is 0 Å². The number of carbonyl (C=O) groups excluding carboxylic acids is 1. The van der Waals surface area contributed by atoms with Gasteiger partial charge in [-0.05, 0) is 44.0 Å². The van der Waals surface area contributed by atoms with Crippen molar-refractivity contribution in [2.24, 2.45) is 0 Å². The number of nitrogen functional groups attached to an aromatic ring is 1. The molecule has 0 aliphatic rings. The highest BCUT2D eigenvalue weighted by Crippen LogP contribution is 2.18. The lowest BCUT2D eigenvalue weighted by Gasteiger charge is -2.09. The predicted octanol–water partition coefficient (Wildman–Crippen LogP) is 3.62. The van der Waals surface area contributed by atoms with Crippen molar-refractivity contribution in [3.8, 4) is 0 Å². The van der Waals surface area contributed by atoms with Crippen molar-refractivity contribution in [1.82, 2.24) is 0 Å². The van der Waals surface area contributed by atoms with Crippen molar-refractivity contribution < 1.29 is 4.79 Å². The molecule has 98 valence electrons. The van der Waals surface area contributed by atoms with Gasteiger partial charge in [-0.2, -0.15) is 0 Å². The number of aryl methyl sites for hydroxylation is 3. The van der Waals surface area contributed by atoms with Crippen LogP contribution in [0.4, 0.5) is 5.69 Å². The molecule has 2 aromatic carbocycles. The zero-order valence-corrected chi connectivity index (χ0v) is 11.7. The summed E-state index contributed by atoms with van der Waals surface area (Å²) in [6.45, 7) is 6.03. The summed E-state index contributed by atoms with van der Waals surface area (Å²) in [5.74, 6) is 0.0786. The first-order valence-corrected chi connectivity index (χ1v) is 6.43. The van der Waals surface area contributed by atoms with Crippen molar-refractivity contribution in [2.75, 3.05) is 5.73 Å². The van der Waals surface area contributed by atoms with Gasteiger partial charge in [0.25, 0.3) is 0 Å². The molecule has 0 bridgehead atoms. The first kappa shape index (κ1) is 13.3. The van der Waals surface area contributed by atoms with Crippen LogP contribution in [-0.2, 0) is 6.42 Å². The number of rotatable bonds is 3. The van der Waals surface area contributed by atoms with Gasteiger partial charge in [-0.3, -0.25) is 4.79 Å². The quantitative estimate of drug-likeness (QED) is 0.670. The van der Waals surface area contributed by atoms with E-state index >= 15 is 0 Å². The van der Waals surface area contributed by atoms with Gasteiger partial charge in [0, 0.05) is 17.7 Å². The topological polar surface area (TPSA) is 43.1 Å². The van der Waals surface area contributed by atoms with E-state index in [1.54, 1.807) is 6.07 Å². The van der Waals surface area contributed by atoms with Crippen LogP contribution in [0.3, 0.4) is 0 Å². The Morgan fingerprint density at radius 1 is 1.00 bits per heavy atom. The zero-order chi connectivity index (χ0) is 14.0. The third kappa shape index (κ3) is 3.02. The van der Waals surface area contributed by atoms with Crippen LogP contribution in [-0.4, -0.2) is 5.78 Å². The molecule has 0 aliphatic heterocycles. The number of benzene rings is 2. The van der Waals surface area contributed by atoms with E-state index in [0.29, 0.717) is 17.7 Å². The maximum Gasteiger partial charge on any atom is 0.169 e. The van der Waals surface area contributed by atoms with Crippen molar-refractivity contribution in [3.05, 3.63) is 64.2 Å². The van der Waals surface area contributed by atoms with Gasteiger partial charge >= 0.3 is 0 Å². The van der Waals surface area contributed by atoms with Crippen LogP contribution in [0.1, 0.15) is 32.6 Å². The lowest BCUT2D eigenvalue weighted by molar-refractivity contribution is 0.0993. The van der Waals surface area contributed by atoms with Gasteiger partial charge in [-0.25, -0.2) is 0 Å². The van der Waals surface area contributed by atoms with E-state index in [1.165, 1.54) is 5.56 Å². The molecule has 0 unspecified atom stereocenters. The van der Waals surface area contributed by atoms with Crippen LogP contribution in [0, 0.1) is 20.8 Å². The number of ketones is 1. The minimum absolute atomic E-state index is 0.0786. The second kappa shape index (κ2) is 5.27. The second-order valence-electron chi connectivity index (χ2n) is 5.12. The molecule has 2 nitrogen and oxygen atoms in total. The van der Waals surface area contributed by atoms with Gasteiger partial charge in [0.05, 0.1) is 0 Å². The van der Waals surface area contributed by atoms with Crippen LogP contribution in [0.5, 0.6) is 0 Å². The number of nitrogens with two attached hydrogens (primary N) is 1. The summed E-state index contributed by atoms with van der Waals surface area (Å²) < 4.78 is 0. The Bertz CT molecular complexity index is 629. The van der Waals surface area contributed by atoms with Gasteiger partial charge in [0.1, 0.15) is 0 Å². The zero-order valence-electron chi connectivity index (χ0n) is 11.7. The van der Waals surface area contributed by atoms with E-state index in [9.17, 15) is 4.79 Å². The molecule has 0 fully saturated rings. The summed E-state index contributed by atoms with van der Waals surface area (Å²) in [5, 5.41) is 0. The van der Waals surface area contributed by atoms with Gasteiger partial charge in [-0.15, -0.1) is 0 Å². The molecule has 0 radical (unpaired) electrons. The molecule has 0 saturated carbocycles. The van der Waals surface area contributed by atoms with Crippen molar-refractivity contribution in [3.63, 3.8) is 0 Å². The normalized spacial score (nSPS) is 10.5. The van der Waals surface area contributed by atoms with Gasteiger partial charge in [0.2, 0.25) is 0 Å². The maximum atomic E-state index is 12.4. The Labute approximate surface area is 114 Å². The molecular formula is C17H19NO. The van der Waals surface area contributed by atoms with Crippen LogP contribution >= 0.6 is 0 Å². The number of hydrogen-bond acceptors (Lipinski definition) is 2. The average Bonchev–Trinajstić information content (AvgIpc) is 2.36. The van der Waals surface area contributed by atoms with Crippen molar-refractivity contribution in [1.29, 1.82) is 0 Å². The fourth-order valence-corrected chi connectivity index (χ4v) is 2.17. The van der Waals surface area contributed by atoms with Gasteiger partial charge in [-0.1, -0.05) is 35.4 Å². The molecule has 0 atom stereocenters. The SMILES string of the molecule is Cc1ccc(C)c(CC(=O)c2cc(C)ccc2N)c1. The van der Waals surface area contributed by atoms with Crippen LogP contribution in [0.25, 0.3) is 0 Å². The number of hydrogen-bond donors (Lipinski definition) is 1. The predicted molar refractivity (Wildman–Crippen MR) is 79.5 cm³/mol. The molecule has 0 aromatic heterocycles. The summed E-state index contributed by atoms with van der Waals surface area (Å²) in [7, 11) is 0. The Balaban J connectivity index is 2.30. The van der Waals surface area contributed by atoms with Crippen molar-refractivity contribution >= 4 is 11.5 Å². The largest absolute Gasteiger partial charge is 0.398 e. The number of carbonyl (C=O) groups is 1. The molecule has 0 saturated heterocycles. The molecular weight excluding hydrogens is 234 g/mol. The average molecular weight is 253 g/mol. The standard InChI is InChI=1S/C17H19NO/c1-11-4-6-13(3)14(8-11)10-17(19)15-9-12(2)5-7-16(15)18/h4-9H,10,18H2,1-3H3. The minimum atomic E-state index is 0.0786. The highest BCUT2D eigenvalue weighted by molar-refractivity contribution is 6.02. The van der Waals surface area contributed by atoms with Gasteiger partial charge in [0.15, 0.2) is 5.78 Å². The molecule has 19 heavy (non-hydrogen) atoms. The number of anilines is 1. The maximum absolute atomic E-state index is 12.4. The van der Waals surface area contributed by atoms with Crippen LogP contribution in [0.15, 0.2) is 36.4 Å². The van der Waals surface area contributed by atoms with E-state index in [1.807, 2.05) is 32.9 Å². The van der Waals surface area contributed by atoms with E-state index in [-0.39, 0.29) is 5.78 Å². The number of Topliss-reactive ketones (excluding diaryl/α,β-unsaturated/α-hetero) is 1. The Hall–Kier alpha value is -2.09. The molecule has 0 spiro atoms. The third-order valence-corrected chi connectivity index (χ3v) is 3.36. The molecule has 2 N–H and O–H groups in total. The summed E-state index contributed by atoms with van der Waals surface area (Å²) in [6, 6.07) is 11.8. The molecule has 2 heteroatoms. The summed E-state index contributed by atoms with van der Waals surface area (Å²) >= 11 is 0. The van der Waals surface area contributed by atoms with Crippen LogP contribution < -0.4 is 5.73 Å². The first-order valence-electron chi connectivity index (χ1n) is 6.43. The summed E-state index contributed by atoms with van der Waals surface area (Å²) in [5.41, 5.74) is 11.5. The molecule has 0 heterocycles.